The molecule has 0 N–H and O–H groups in total. The number of amides is 1. The molecule has 1 amide bonds. The molecule has 2 aromatic heterocycles. The van der Waals surface area contributed by atoms with Gasteiger partial charge in [-0.3, -0.25) is 4.79 Å². The third-order valence-electron chi connectivity index (χ3n) is 3.94. The molecule has 1 fully saturated rings. The molecule has 1 saturated heterocycles. The molecule has 0 saturated carbocycles. The second kappa shape index (κ2) is 5.93. The Hall–Kier alpha value is -1.53. The van der Waals surface area contributed by atoms with Gasteiger partial charge < -0.3 is 14.0 Å². The SMILES string of the molecule is Cc1noc([C@H]2CCCN(C(=O)c3cc(Cl)c(Cl)n3C)C2)n1. The number of hydrogen-bond acceptors (Lipinski definition) is 4. The van der Waals surface area contributed by atoms with Gasteiger partial charge in [0.1, 0.15) is 10.8 Å². The Morgan fingerprint density at radius 1 is 1.45 bits per heavy atom. The summed E-state index contributed by atoms with van der Waals surface area (Å²) < 4.78 is 6.84. The fourth-order valence-corrected chi connectivity index (χ4v) is 3.13. The molecule has 1 aliphatic rings. The zero-order valence-electron chi connectivity index (χ0n) is 12.3. The van der Waals surface area contributed by atoms with Crippen molar-refractivity contribution in [1.82, 2.24) is 19.6 Å². The van der Waals surface area contributed by atoms with Crippen molar-refractivity contribution in [2.24, 2.45) is 7.05 Å². The summed E-state index contributed by atoms with van der Waals surface area (Å²) >= 11 is 12.0. The van der Waals surface area contributed by atoms with Crippen LogP contribution >= 0.6 is 23.2 Å². The topological polar surface area (TPSA) is 64.2 Å². The highest BCUT2D eigenvalue weighted by atomic mass is 35.5. The predicted octanol–water partition coefficient (Wildman–Crippen LogP) is 3.04. The molecule has 1 aliphatic heterocycles. The minimum absolute atomic E-state index is 0.0742. The number of carbonyl (C=O) groups excluding carboxylic acids is 1. The molecule has 3 heterocycles. The van der Waals surface area contributed by atoms with Gasteiger partial charge in [-0.1, -0.05) is 28.4 Å². The lowest BCUT2D eigenvalue weighted by Gasteiger charge is -2.31. The summed E-state index contributed by atoms with van der Waals surface area (Å²) in [6.07, 6.45) is 1.82. The Kier molecular flexibility index (Phi) is 4.14. The van der Waals surface area contributed by atoms with Gasteiger partial charge in [-0.15, -0.1) is 0 Å². The summed E-state index contributed by atoms with van der Waals surface area (Å²) in [4.78, 5) is 18.8. The maximum absolute atomic E-state index is 12.7. The standard InChI is InChI=1S/C14H16Cl2N4O2/c1-8-17-13(22-18-8)9-4-3-5-20(7-9)14(21)11-6-10(15)12(16)19(11)2/h6,9H,3-5,7H2,1-2H3/t9-/m0/s1. The number of halogens is 2. The molecule has 3 rings (SSSR count). The van der Waals surface area contributed by atoms with Crippen molar-refractivity contribution in [3.63, 3.8) is 0 Å². The van der Waals surface area contributed by atoms with E-state index >= 15 is 0 Å². The van der Waals surface area contributed by atoms with Crippen LogP contribution in [0, 0.1) is 6.92 Å². The lowest BCUT2D eigenvalue weighted by molar-refractivity contribution is 0.0686. The highest BCUT2D eigenvalue weighted by Crippen LogP contribution is 2.29. The van der Waals surface area contributed by atoms with Crippen molar-refractivity contribution in [3.8, 4) is 0 Å². The van der Waals surface area contributed by atoms with E-state index in [1.165, 1.54) is 0 Å². The van der Waals surface area contributed by atoms with E-state index in [4.69, 9.17) is 27.7 Å². The Bertz CT molecular complexity index is 710. The Labute approximate surface area is 138 Å². The normalized spacial score (nSPS) is 18.7. The third kappa shape index (κ3) is 2.73. The van der Waals surface area contributed by atoms with Gasteiger partial charge in [0.15, 0.2) is 5.82 Å². The molecule has 8 heteroatoms. The molecule has 118 valence electrons. The number of hydrogen-bond donors (Lipinski definition) is 0. The summed E-state index contributed by atoms with van der Waals surface area (Å²) in [6.45, 7) is 3.04. The number of likely N-dealkylation sites (tertiary alicyclic amines) is 1. The van der Waals surface area contributed by atoms with Gasteiger partial charge in [0.05, 0.1) is 10.9 Å². The summed E-state index contributed by atoms with van der Waals surface area (Å²) in [5, 5.41) is 4.57. The maximum Gasteiger partial charge on any atom is 0.270 e. The number of rotatable bonds is 2. The molecule has 0 aliphatic carbocycles. The van der Waals surface area contributed by atoms with E-state index in [9.17, 15) is 4.79 Å². The Balaban J connectivity index is 1.79. The number of aromatic nitrogens is 3. The van der Waals surface area contributed by atoms with Crippen molar-refractivity contribution in [2.45, 2.75) is 25.7 Å². The minimum atomic E-state index is -0.0859. The molecule has 0 aromatic carbocycles. The van der Waals surface area contributed by atoms with Crippen molar-refractivity contribution in [1.29, 1.82) is 0 Å². The van der Waals surface area contributed by atoms with Gasteiger partial charge in [-0.2, -0.15) is 4.98 Å². The highest BCUT2D eigenvalue weighted by molar-refractivity contribution is 6.41. The molecule has 1 atom stereocenters. The van der Waals surface area contributed by atoms with E-state index in [1.807, 2.05) is 0 Å². The van der Waals surface area contributed by atoms with Gasteiger partial charge >= 0.3 is 0 Å². The third-order valence-corrected chi connectivity index (χ3v) is 4.78. The molecule has 22 heavy (non-hydrogen) atoms. The van der Waals surface area contributed by atoms with Gasteiger partial charge in [0.2, 0.25) is 5.89 Å². The van der Waals surface area contributed by atoms with Gasteiger partial charge in [0.25, 0.3) is 5.91 Å². The van der Waals surface area contributed by atoms with Crippen LogP contribution < -0.4 is 0 Å². The van der Waals surface area contributed by atoms with Crippen LogP contribution in [-0.4, -0.2) is 38.6 Å². The van der Waals surface area contributed by atoms with E-state index in [-0.39, 0.29) is 11.8 Å². The first-order chi connectivity index (χ1) is 10.5. The number of nitrogens with zero attached hydrogens (tertiary/aromatic N) is 4. The van der Waals surface area contributed by atoms with E-state index in [0.717, 1.165) is 12.8 Å². The smallest absolute Gasteiger partial charge is 0.270 e. The monoisotopic (exact) mass is 342 g/mol. The quantitative estimate of drug-likeness (QED) is 0.841. The Morgan fingerprint density at radius 2 is 2.23 bits per heavy atom. The first kappa shape index (κ1) is 15.4. The molecule has 0 bridgehead atoms. The lowest BCUT2D eigenvalue weighted by atomic mass is 9.97. The van der Waals surface area contributed by atoms with Crippen LogP contribution in [0.15, 0.2) is 10.6 Å². The fraction of sp³-hybridized carbons (Fsp3) is 0.500. The summed E-state index contributed by atoms with van der Waals surface area (Å²) in [7, 11) is 1.73. The number of aryl methyl sites for hydroxylation is 1. The summed E-state index contributed by atoms with van der Waals surface area (Å²) in [6, 6.07) is 1.60. The van der Waals surface area contributed by atoms with Crippen molar-refractivity contribution in [3.05, 3.63) is 33.7 Å². The fourth-order valence-electron chi connectivity index (χ4n) is 2.75. The minimum Gasteiger partial charge on any atom is -0.339 e. The lowest BCUT2D eigenvalue weighted by Crippen LogP contribution is -2.39. The van der Waals surface area contributed by atoms with E-state index in [0.29, 0.717) is 40.7 Å². The second-order valence-electron chi connectivity index (χ2n) is 5.50. The predicted molar refractivity (Wildman–Crippen MR) is 82.3 cm³/mol. The molecular weight excluding hydrogens is 327 g/mol. The molecule has 0 spiro atoms. The van der Waals surface area contributed by atoms with Crippen molar-refractivity contribution in [2.75, 3.05) is 13.1 Å². The first-order valence-corrected chi connectivity index (χ1v) is 7.83. The molecular formula is C14H16Cl2N4O2. The van der Waals surface area contributed by atoms with Crippen LogP contribution in [-0.2, 0) is 7.05 Å². The average Bonchev–Trinajstić information content (AvgIpc) is 3.06. The van der Waals surface area contributed by atoms with Crippen molar-refractivity contribution >= 4 is 29.1 Å². The van der Waals surface area contributed by atoms with Crippen molar-refractivity contribution < 1.29 is 9.32 Å². The second-order valence-corrected chi connectivity index (χ2v) is 6.26. The van der Waals surface area contributed by atoms with Gasteiger partial charge in [-0.25, -0.2) is 0 Å². The van der Waals surface area contributed by atoms with E-state index in [1.54, 1.807) is 29.5 Å². The molecule has 6 nitrogen and oxygen atoms in total. The molecule has 2 aromatic rings. The Morgan fingerprint density at radius 3 is 2.82 bits per heavy atom. The summed E-state index contributed by atoms with van der Waals surface area (Å²) in [5.74, 6) is 1.19. The molecule has 0 radical (unpaired) electrons. The van der Waals surface area contributed by atoms with Crippen LogP contribution in [0.5, 0.6) is 0 Å². The van der Waals surface area contributed by atoms with Gasteiger partial charge in [-0.05, 0) is 25.8 Å². The summed E-state index contributed by atoms with van der Waals surface area (Å²) in [5.41, 5.74) is 0.484. The van der Waals surface area contributed by atoms with Crippen LogP contribution in [0.4, 0.5) is 0 Å². The average molecular weight is 343 g/mol. The van der Waals surface area contributed by atoms with Crippen LogP contribution in [0.1, 0.15) is 41.0 Å². The van der Waals surface area contributed by atoms with E-state index < -0.39 is 0 Å². The maximum atomic E-state index is 12.7. The number of piperidine rings is 1. The van der Waals surface area contributed by atoms with E-state index in [2.05, 4.69) is 10.1 Å². The number of carbonyl (C=O) groups is 1. The highest BCUT2D eigenvalue weighted by Gasteiger charge is 2.30. The first-order valence-electron chi connectivity index (χ1n) is 7.07. The van der Waals surface area contributed by atoms with Crippen LogP contribution in [0.2, 0.25) is 10.2 Å². The largest absolute Gasteiger partial charge is 0.339 e. The van der Waals surface area contributed by atoms with Crippen LogP contribution in [0.3, 0.4) is 0 Å². The van der Waals surface area contributed by atoms with Crippen LogP contribution in [0.25, 0.3) is 0 Å². The molecule has 0 unspecified atom stereocenters. The zero-order valence-corrected chi connectivity index (χ0v) is 13.9. The zero-order chi connectivity index (χ0) is 15.9. The van der Waals surface area contributed by atoms with Gasteiger partial charge in [0, 0.05) is 20.1 Å².